The van der Waals surface area contributed by atoms with Crippen molar-refractivity contribution in [2.75, 3.05) is 19.6 Å². The van der Waals surface area contributed by atoms with E-state index in [9.17, 15) is 0 Å². The van der Waals surface area contributed by atoms with Gasteiger partial charge < -0.3 is 4.90 Å². The van der Waals surface area contributed by atoms with Crippen LogP contribution in [0.1, 0.15) is 99.8 Å². The van der Waals surface area contributed by atoms with Gasteiger partial charge in [-0.1, -0.05) is 80.6 Å². The topological polar surface area (TPSA) is 3.24 Å². The van der Waals surface area contributed by atoms with Crippen LogP contribution in [0, 0.1) is 10.8 Å². The average Bonchev–Trinajstić information content (AvgIpc) is 2.35. The Hall–Kier alpha value is -0.0400. The molecule has 0 aromatic heterocycles. The van der Waals surface area contributed by atoms with E-state index in [1.54, 1.807) is 0 Å². The SMILES string of the molecule is CCCCCC(C)(CCCC)CN(CCC)CC(C)(C)C. The molecule has 0 N–H and O–H groups in total. The van der Waals surface area contributed by atoms with Crippen molar-refractivity contribution in [2.45, 2.75) is 99.8 Å². The van der Waals surface area contributed by atoms with Crippen molar-refractivity contribution >= 4 is 0 Å². The quantitative estimate of drug-likeness (QED) is 0.371. The fraction of sp³-hybridized carbons (Fsp3) is 1.00. The summed E-state index contributed by atoms with van der Waals surface area (Å²) in [6.45, 7) is 20.4. The zero-order valence-electron chi connectivity index (χ0n) is 16.2. The molecule has 0 fully saturated rings. The lowest BCUT2D eigenvalue weighted by atomic mass is 9.79. The van der Waals surface area contributed by atoms with Gasteiger partial charge in [0, 0.05) is 13.1 Å². The minimum absolute atomic E-state index is 0.407. The summed E-state index contributed by atoms with van der Waals surface area (Å²) in [6.07, 6.45) is 10.9. The minimum atomic E-state index is 0.407. The van der Waals surface area contributed by atoms with E-state index >= 15 is 0 Å². The van der Waals surface area contributed by atoms with E-state index in [1.807, 2.05) is 0 Å². The first-order chi connectivity index (χ1) is 9.76. The first-order valence-electron chi connectivity index (χ1n) is 9.48. The van der Waals surface area contributed by atoms with Gasteiger partial charge in [0.2, 0.25) is 0 Å². The van der Waals surface area contributed by atoms with E-state index in [0.717, 1.165) is 0 Å². The number of hydrogen-bond acceptors (Lipinski definition) is 1. The number of unbranched alkanes of at least 4 members (excludes halogenated alkanes) is 3. The van der Waals surface area contributed by atoms with Crippen LogP contribution in [0.2, 0.25) is 0 Å². The van der Waals surface area contributed by atoms with Gasteiger partial charge in [0.1, 0.15) is 0 Å². The maximum atomic E-state index is 2.74. The highest BCUT2D eigenvalue weighted by Gasteiger charge is 2.27. The fourth-order valence-electron chi connectivity index (χ4n) is 3.43. The molecule has 0 radical (unpaired) electrons. The Bertz CT molecular complexity index is 241. The molecule has 0 spiro atoms. The van der Waals surface area contributed by atoms with Crippen LogP contribution in [0.15, 0.2) is 0 Å². The summed E-state index contributed by atoms with van der Waals surface area (Å²) in [5, 5.41) is 0. The maximum absolute atomic E-state index is 2.74. The summed E-state index contributed by atoms with van der Waals surface area (Å²) in [7, 11) is 0. The van der Waals surface area contributed by atoms with Crippen LogP contribution >= 0.6 is 0 Å². The van der Waals surface area contributed by atoms with Gasteiger partial charge in [-0.3, -0.25) is 0 Å². The van der Waals surface area contributed by atoms with Gasteiger partial charge in [-0.25, -0.2) is 0 Å². The second-order valence-electron chi connectivity index (χ2n) is 8.64. The van der Waals surface area contributed by atoms with Crippen LogP contribution in [0.25, 0.3) is 0 Å². The molecule has 0 aliphatic carbocycles. The zero-order valence-corrected chi connectivity index (χ0v) is 16.2. The lowest BCUT2D eigenvalue weighted by Gasteiger charge is -2.38. The van der Waals surface area contributed by atoms with Gasteiger partial charge in [0.15, 0.2) is 0 Å². The predicted molar refractivity (Wildman–Crippen MR) is 98.0 cm³/mol. The molecular formula is C20H43N. The van der Waals surface area contributed by atoms with E-state index in [0.29, 0.717) is 10.8 Å². The van der Waals surface area contributed by atoms with Crippen molar-refractivity contribution in [3.63, 3.8) is 0 Å². The van der Waals surface area contributed by atoms with Crippen LogP contribution in [0.3, 0.4) is 0 Å². The molecule has 0 amide bonds. The van der Waals surface area contributed by atoms with Crippen LogP contribution in [0.4, 0.5) is 0 Å². The maximum Gasteiger partial charge on any atom is 0.00355 e. The van der Waals surface area contributed by atoms with Crippen LogP contribution in [-0.4, -0.2) is 24.5 Å². The van der Waals surface area contributed by atoms with Gasteiger partial charge in [0.25, 0.3) is 0 Å². The summed E-state index contributed by atoms with van der Waals surface area (Å²) < 4.78 is 0. The summed E-state index contributed by atoms with van der Waals surface area (Å²) in [4.78, 5) is 2.74. The first kappa shape index (κ1) is 21.0. The summed E-state index contributed by atoms with van der Waals surface area (Å²) in [6, 6.07) is 0. The molecule has 1 heteroatoms. The summed E-state index contributed by atoms with van der Waals surface area (Å²) >= 11 is 0. The Morgan fingerprint density at radius 2 is 1.24 bits per heavy atom. The Morgan fingerprint density at radius 3 is 1.71 bits per heavy atom. The molecule has 21 heavy (non-hydrogen) atoms. The van der Waals surface area contributed by atoms with E-state index in [4.69, 9.17) is 0 Å². The van der Waals surface area contributed by atoms with Crippen molar-refractivity contribution in [3.8, 4) is 0 Å². The monoisotopic (exact) mass is 297 g/mol. The number of hydrogen-bond donors (Lipinski definition) is 0. The minimum Gasteiger partial charge on any atom is -0.302 e. The molecule has 0 saturated heterocycles. The second-order valence-corrected chi connectivity index (χ2v) is 8.64. The fourth-order valence-corrected chi connectivity index (χ4v) is 3.43. The highest BCUT2D eigenvalue weighted by Crippen LogP contribution is 2.33. The van der Waals surface area contributed by atoms with Gasteiger partial charge in [0.05, 0.1) is 0 Å². The summed E-state index contributed by atoms with van der Waals surface area (Å²) in [5.74, 6) is 0. The standard InChI is InChI=1S/C20H43N/c1-8-11-13-15-20(7,14-12-9-2)18-21(16-10-3)17-19(4,5)6/h8-18H2,1-7H3. The van der Waals surface area contributed by atoms with Crippen LogP contribution < -0.4 is 0 Å². The molecule has 0 aromatic rings. The lowest BCUT2D eigenvalue weighted by molar-refractivity contribution is 0.106. The molecule has 0 heterocycles. The third kappa shape index (κ3) is 11.2. The second kappa shape index (κ2) is 10.6. The largest absolute Gasteiger partial charge is 0.302 e. The Kier molecular flexibility index (Phi) is 10.6. The molecule has 0 saturated carbocycles. The predicted octanol–water partition coefficient (Wildman–Crippen LogP) is 6.52. The molecule has 0 aliphatic rings. The molecule has 128 valence electrons. The van der Waals surface area contributed by atoms with Crippen LogP contribution in [0.5, 0.6) is 0 Å². The molecule has 1 nitrogen and oxygen atoms in total. The smallest absolute Gasteiger partial charge is 0.00355 e. The normalized spacial score (nSPS) is 15.4. The van der Waals surface area contributed by atoms with Crippen molar-refractivity contribution < 1.29 is 0 Å². The first-order valence-corrected chi connectivity index (χ1v) is 9.48. The van der Waals surface area contributed by atoms with Gasteiger partial charge in [-0.15, -0.1) is 0 Å². The van der Waals surface area contributed by atoms with E-state index in [-0.39, 0.29) is 0 Å². The average molecular weight is 298 g/mol. The number of rotatable bonds is 12. The Balaban J connectivity index is 4.68. The third-order valence-corrected chi connectivity index (χ3v) is 4.36. The van der Waals surface area contributed by atoms with Gasteiger partial charge in [-0.2, -0.15) is 0 Å². The number of nitrogens with zero attached hydrogens (tertiary/aromatic N) is 1. The molecule has 0 bridgehead atoms. The van der Waals surface area contributed by atoms with Crippen molar-refractivity contribution in [1.82, 2.24) is 4.90 Å². The Morgan fingerprint density at radius 1 is 0.667 bits per heavy atom. The zero-order chi connectivity index (χ0) is 16.4. The lowest BCUT2D eigenvalue weighted by Crippen LogP contribution is -2.41. The third-order valence-electron chi connectivity index (χ3n) is 4.36. The highest BCUT2D eigenvalue weighted by atomic mass is 15.1. The molecule has 1 unspecified atom stereocenters. The van der Waals surface area contributed by atoms with Crippen molar-refractivity contribution in [3.05, 3.63) is 0 Å². The molecule has 1 atom stereocenters. The molecule has 0 aliphatic heterocycles. The van der Waals surface area contributed by atoms with Gasteiger partial charge >= 0.3 is 0 Å². The van der Waals surface area contributed by atoms with E-state index < -0.39 is 0 Å². The molecule has 0 aromatic carbocycles. The summed E-state index contributed by atoms with van der Waals surface area (Å²) in [5.41, 5.74) is 0.926. The molecular weight excluding hydrogens is 254 g/mol. The van der Waals surface area contributed by atoms with E-state index in [2.05, 4.69) is 53.4 Å². The highest BCUT2D eigenvalue weighted by molar-refractivity contribution is 4.81. The van der Waals surface area contributed by atoms with Crippen molar-refractivity contribution in [1.29, 1.82) is 0 Å². The molecule has 0 rings (SSSR count). The van der Waals surface area contributed by atoms with Crippen molar-refractivity contribution in [2.24, 2.45) is 10.8 Å². The van der Waals surface area contributed by atoms with E-state index in [1.165, 1.54) is 71.0 Å². The Labute approximate surface area is 135 Å². The van der Waals surface area contributed by atoms with Crippen LogP contribution in [-0.2, 0) is 0 Å². The van der Waals surface area contributed by atoms with Gasteiger partial charge in [-0.05, 0) is 36.6 Å².